The summed E-state index contributed by atoms with van der Waals surface area (Å²) in [5, 5.41) is 13.1. The number of thiol groups is 1. The fourth-order valence-electron chi connectivity index (χ4n) is 7.78. The third-order valence-corrected chi connectivity index (χ3v) is 10.8. The van der Waals surface area contributed by atoms with Crippen molar-refractivity contribution in [1.29, 1.82) is 5.41 Å². The van der Waals surface area contributed by atoms with Crippen LogP contribution in [0.25, 0.3) is 71.7 Å². The summed E-state index contributed by atoms with van der Waals surface area (Å²) in [7, 11) is 0. The number of nitrogens with zero attached hydrogens (tertiary/aromatic N) is 3. The minimum absolute atomic E-state index is 0.151. The highest BCUT2D eigenvalue weighted by atomic mass is 32.1. The van der Waals surface area contributed by atoms with Crippen LogP contribution in [0.4, 0.5) is 0 Å². The Balaban J connectivity index is 1.01. The second-order valence-corrected chi connectivity index (χ2v) is 14.4. The fourth-order valence-corrected chi connectivity index (χ4v) is 8.12. The van der Waals surface area contributed by atoms with Crippen LogP contribution in [0.5, 0.6) is 0 Å². The highest BCUT2D eigenvalue weighted by Gasteiger charge is 2.17. The first-order valence-electron chi connectivity index (χ1n) is 18.8. The van der Waals surface area contributed by atoms with Crippen molar-refractivity contribution in [2.24, 2.45) is 9.98 Å². The summed E-state index contributed by atoms with van der Waals surface area (Å²) >= 11 is 5.02. The summed E-state index contributed by atoms with van der Waals surface area (Å²) in [4.78, 5) is 10.3. The Kier molecular flexibility index (Phi) is 8.66. The number of hydrogen-bond acceptors (Lipinski definition) is 3. The van der Waals surface area contributed by atoms with Crippen molar-refractivity contribution in [2.45, 2.75) is 4.90 Å². The van der Waals surface area contributed by atoms with Gasteiger partial charge in [-0.1, -0.05) is 133 Å². The van der Waals surface area contributed by atoms with E-state index >= 15 is 0 Å². The van der Waals surface area contributed by atoms with E-state index < -0.39 is 0 Å². The number of furan rings is 1. The van der Waals surface area contributed by atoms with Crippen molar-refractivity contribution in [3.05, 3.63) is 205 Å². The van der Waals surface area contributed by atoms with Crippen LogP contribution in [-0.2, 0) is 0 Å². The summed E-state index contributed by atoms with van der Waals surface area (Å²) < 4.78 is 8.77. The van der Waals surface area contributed by atoms with Gasteiger partial charge >= 0.3 is 0 Å². The smallest absolute Gasteiger partial charge is 0.161 e. The summed E-state index contributed by atoms with van der Waals surface area (Å²) in [6, 6.07) is 64.0. The monoisotopic (exact) mass is 750 g/mol. The van der Waals surface area contributed by atoms with Gasteiger partial charge in [0, 0.05) is 55.0 Å². The van der Waals surface area contributed by atoms with Crippen molar-refractivity contribution in [1.82, 2.24) is 4.57 Å². The summed E-state index contributed by atoms with van der Waals surface area (Å²) in [6.45, 7) is 0. The zero-order chi connectivity index (χ0) is 38.3. The molecule has 0 aliphatic rings. The van der Waals surface area contributed by atoms with Crippen LogP contribution in [0.15, 0.2) is 207 Å². The van der Waals surface area contributed by atoms with Crippen LogP contribution in [0.2, 0.25) is 0 Å². The molecule has 0 saturated carbocycles. The van der Waals surface area contributed by atoms with Crippen LogP contribution >= 0.6 is 12.6 Å². The minimum Gasteiger partial charge on any atom is -0.456 e. The van der Waals surface area contributed by atoms with Gasteiger partial charge in [0.25, 0.3) is 0 Å². The van der Waals surface area contributed by atoms with Gasteiger partial charge in [-0.2, -0.15) is 0 Å². The molecule has 0 saturated heterocycles. The molecule has 2 heterocycles. The van der Waals surface area contributed by atoms with Gasteiger partial charge in [0.2, 0.25) is 0 Å². The number of para-hydroxylation sites is 2. The van der Waals surface area contributed by atoms with Gasteiger partial charge < -0.3 is 8.98 Å². The molecule has 0 aliphatic carbocycles. The van der Waals surface area contributed by atoms with E-state index in [1.54, 1.807) is 6.21 Å². The highest BCUT2D eigenvalue weighted by molar-refractivity contribution is 7.80. The van der Waals surface area contributed by atoms with Gasteiger partial charge in [-0.3, -0.25) is 5.41 Å². The first-order chi connectivity index (χ1) is 28.1. The quantitative estimate of drug-likeness (QED) is 0.0992. The molecule has 0 bridgehead atoms. The van der Waals surface area contributed by atoms with E-state index in [4.69, 9.17) is 27.4 Å². The number of nitrogens with one attached hydrogen (secondary N) is 1. The average molecular weight is 751 g/mol. The van der Waals surface area contributed by atoms with Gasteiger partial charge in [-0.15, -0.1) is 12.6 Å². The molecule has 10 aromatic rings. The number of fused-ring (bicyclic) bond motifs is 6. The molecule has 0 fully saturated rings. The minimum atomic E-state index is 0.151. The molecule has 270 valence electrons. The molecular formula is C51H34N4OS. The summed E-state index contributed by atoms with van der Waals surface area (Å²) in [5.74, 6) is 0.610. The number of rotatable bonds is 6. The Bertz CT molecular complexity index is 3160. The van der Waals surface area contributed by atoms with Gasteiger partial charge in [0.15, 0.2) is 11.7 Å². The Morgan fingerprint density at radius 2 is 1.23 bits per heavy atom. The van der Waals surface area contributed by atoms with E-state index in [9.17, 15) is 0 Å². The van der Waals surface area contributed by atoms with Crippen molar-refractivity contribution in [3.8, 4) is 27.9 Å². The normalized spacial score (nSPS) is 12.1. The van der Waals surface area contributed by atoms with E-state index in [1.165, 1.54) is 21.8 Å². The third-order valence-electron chi connectivity index (χ3n) is 10.5. The number of aliphatic imine (C=N–C) groups is 2. The first kappa shape index (κ1) is 34.2. The Hall–Kier alpha value is -7.28. The average Bonchev–Trinajstić information content (AvgIpc) is 3.80. The molecule has 0 atom stereocenters. The maximum Gasteiger partial charge on any atom is 0.161 e. The van der Waals surface area contributed by atoms with Gasteiger partial charge in [0.05, 0.1) is 11.0 Å². The number of amidine groups is 2. The number of aromatic nitrogens is 1. The lowest BCUT2D eigenvalue weighted by Crippen LogP contribution is -2.04. The predicted octanol–water partition coefficient (Wildman–Crippen LogP) is 13.2. The van der Waals surface area contributed by atoms with Crippen LogP contribution in [-0.4, -0.2) is 22.5 Å². The Morgan fingerprint density at radius 3 is 1.98 bits per heavy atom. The van der Waals surface area contributed by atoms with Crippen molar-refractivity contribution < 1.29 is 4.42 Å². The third kappa shape index (κ3) is 6.32. The van der Waals surface area contributed by atoms with E-state index in [0.717, 1.165) is 71.5 Å². The zero-order valence-electron chi connectivity index (χ0n) is 30.7. The van der Waals surface area contributed by atoms with Crippen molar-refractivity contribution in [2.75, 3.05) is 0 Å². The van der Waals surface area contributed by atoms with Gasteiger partial charge in [0.1, 0.15) is 11.2 Å². The summed E-state index contributed by atoms with van der Waals surface area (Å²) in [6.07, 6.45) is 1.78. The molecular weight excluding hydrogens is 717 g/mol. The molecule has 0 unspecified atom stereocenters. The molecule has 6 heteroatoms. The van der Waals surface area contributed by atoms with Crippen LogP contribution in [0.1, 0.15) is 16.7 Å². The van der Waals surface area contributed by atoms with E-state index in [-0.39, 0.29) is 5.84 Å². The standard InChI is InChI=1S/C51H34N4OS/c52-50(34-13-3-1-4-14-34)54-51(35-15-5-2-6-16-35)53-32-33-25-27-42-43-31-36(26-28-46(43)56-47(42)29-33)39-21-12-24-48(57)49(39)37-17-11-18-38(30-37)55-44-22-9-7-19-40(44)41-20-8-10-23-45(41)55/h1-32,52,57H. The van der Waals surface area contributed by atoms with Gasteiger partial charge in [-0.25, -0.2) is 9.98 Å². The van der Waals surface area contributed by atoms with Gasteiger partial charge in [-0.05, 0) is 76.9 Å². The molecule has 10 rings (SSSR count). The second-order valence-electron chi connectivity index (χ2n) is 14.0. The highest BCUT2D eigenvalue weighted by Crippen LogP contribution is 2.41. The lowest BCUT2D eigenvalue weighted by Gasteiger charge is -2.15. The molecule has 0 amide bonds. The first-order valence-corrected chi connectivity index (χ1v) is 19.2. The predicted molar refractivity (Wildman–Crippen MR) is 240 cm³/mol. The van der Waals surface area contributed by atoms with Crippen molar-refractivity contribution in [3.63, 3.8) is 0 Å². The number of benzene rings is 8. The molecule has 1 N–H and O–H groups in total. The van der Waals surface area contributed by atoms with Crippen LogP contribution in [0.3, 0.4) is 0 Å². The van der Waals surface area contributed by atoms with E-state index in [0.29, 0.717) is 5.84 Å². The second kappa shape index (κ2) is 14.4. The Labute approximate surface area is 334 Å². The van der Waals surface area contributed by atoms with E-state index in [1.807, 2.05) is 72.8 Å². The van der Waals surface area contributed by atoms with Crippen LogP contribution in [0, 0.1) is 5.41 Å². The lowest BCUT2D eigenvalue weighted by atomic mass is 9.93. The molecule has 57 heavy (non-hydrogen) atoms. The largest absolute Gasteiger partial charge is 0.456 e. The molecule has 0 aliphatic heterocycles. The zero-order valence-corrected chi connectivity index (χ0v) is 31.6. The molecule has 0 radical (unpaired) electrons. The summed E-state index contributed by atoms with van der Waals surface area (Å²) in [5.41, 5.74) is 11.8. The lowest BCUT2D eigenvalue weighted by molar-refractivity contribution is 0.669. The SMILES string of the molecule is N=C(N=C(N=Cc1ccc2c(c1)oc1ccc(-c3cccc(S)c3-c3cccc(-n4c5ccccc5c5ccccc54)c3)cc12)c1ccccc1)c1ccccc1. The maximum absolute atomic E-state index is 8.63. The molecule has 8 aromatic carbocycles. The number of hydrogen-bond donors (Lipinski definition) is 2. The van der Waals surface area contributed by atoms with Crippen molar-refractivity contribution >= 4 is 74.3 Å². The fraction of sp³-hybridized carbons (Fsp3) is 0. The molecule has 2 aromatic heterocycles. The van der Waals surface area contributed by atoms with Crippen LogP contribution < -0.4 is 0 Å². The molecule has 0 spiro atoms. The molecule has 5 nitrogen and oxygen atoms in total. The topological polar surface area (TPSA) is 66.6 Å². The van der Waals surface area contributed by atoms with E-state index in [2.05, 4.69) is 125 Å². The maximum atomic E-state index is 8.63. The Morgan fingerprint density at radius 1 is 0.544 bits per heavy atom.